The topological polar surface area (TPSA) is 94.5 Å². The maximum Gasteiger partial charge on any atom is 0.342 e. The van der Waals surface area contributed by atoms with E-state index in [1.807, 2.05) is 6.92 Å². The van der Waals surface area contributed by atoms with Crippen molar-refractivity contribution in [3.8, 4) is 0 Å². The summed E-state index contributed by atoms with van der Waals surface area (Å²) < 4.78 is 24.3. The summed E-state index contributed by atoms with van der Waals surface area (Å²) in [6, 6.07) is 0. The van der Waals surface area contributed by atoms with Crippen LogP contribution < -0.4 is 0 Å². The third kappa shape index (κ3) is 1.31. The average molecular weight is 380 g/mol. The second kappa shape index (κ2) is 4.38. The number of hydrogen-bond donors (Lipinski definition) is 2. The van der Waals surface area contributed by atoms with Gasteiger partial charge in [-0.1, -0.05) is 27.7 Å². The van der Waals surface area contributed by atoms with E-state index in [2.05, 4.69) is 20.8 Å². The summed E-state index contributed by atoms with van der Waals surface area (Å²) >= 11 is 0. The molecule has 0 aromatic rings. The largest absolute Gasteiger partial charge is 0.459 e. The lowest BCUT2D eigenvalue weighted by molar-refractivity contribution is -0.239. The van der Waals surface area contributed by atoms with Gasteiger partial charge in [0.05, 0.1) is 36.3 Å². The monoisotopic (exact) mass is 380 g/mol. The predicted octanol–water partition coefficient (Wildman–Crippen LogP) is 0.606. The van der Waals surface area contributed by atoms with Gasteiger partial charge in [0.2, 0.25) is 5.60 Å². The summed E-state index contributed by atoms with van der Waals surface area (Å²) in [5, 5.41) is 23.2. The molecule has 0 amide bonds. The molecular formula is C20H28O7. The van der Waals surface area contributed by atoms with Crippen molar-refractivity contribution in [3.63, 3.8) is 0 Å². The number of hydrogen-bond acceptors (Lipinski definition) is 7. The van der Waals surface area contributed by atoms with Gasteiger partial charge in [0.15, 0.2) is 6.29 Å². The zero-order chi connectivity index (χ0) is 19.2. The summed E-state index contributed by atoms with van der Waals surface area (Å²) in [4.78, 5) is 13.3. The van der Waals surface area contributed by atoms with Gasteiger partial charge < -0.3 is 29.2 Å². The van der Waals surface area contributed by atoms with Crippen molar-refractivity contribution in [3.05, 3.63) is 0 Å². The molecule has 27 heavy (non-hydrogen) atoms. The number of carbonyl (C=O) groups is 1. The Hall–Kier alpha value is -0.730. The number of carbonyl (C=O) groups excluding carboxylic acids is 1. The molecule has 0 aromatic carbocycles. The molecule has 7 nitrogen and oxygen atoms in total. The predicted molar refractivity (Wildman–Crippen MR) is 90.3 cm³/mol. The molecule has 2 saturated carbocycles. The summed E-state index contributed by atoms with van der Waals surface area (Å²) in [5.41, 5.74) is -4.76. The molecule has 150 valence electrons. The number of esters is 1. The molecule has 0 aromatic heterocycles. The molecule has 6 rings (SSSR count). The van der Waals surface area contributed by atoms with Crippen LogP contribution in [-0.2, 0) is 23.7 Å². The van der Waals surface area contributed by atoms with Crippen LogP contribution in [0.15, 0.2) is 0 Å². The molecule has 0 radical (unpaired) electrons. The molecule has 2 N–H and O–H groups in total. The minimum Gasteiger partial charge on any atom is -0.459 e. The van der Waals surface area contributed by atoms with Crippen molar-refractivity contribution < 1.29 is 34.0 Å². The lowest BCUT2D eigenvalue weighted by Gasteiger charge is -2.48. The van der Waals surface area contributed by atoms with Gasteiger partial charge in [-0.05, 0) is 24.2 Å². The smallest absolute Gasteiger partial charge is 0.342 e. The first-order valence-electron chi connectivity index (χ1n) is 10.1. The minimum absolute atomic E-state index is 0.0326. The van der Waals surface area contributed by atoms with Crippen molar-refractivity contribution in [2.75, 3.05) is 13.2 Å². The van der Waals surface area contributed by atoms with E-state index in [-0.39, 0.29) is 23.9 Å². The van der Waals surface area contributed by atoms with Crippen molar-refractivity contribution in [2.24, 2.45) is 28.1 Å². The van der Waals surface area contributed by atoms with Gasteiger partial charge in [-0.25, -0.2) is 4.79 Å². The summed E-state index contributed by atoms with van der Waals surface area (Å²) in [7, 11) is 0. The van der Waals surface area contributed by atoms with Crippen molar-refractivity contribution in [2.45, 2.75) is 76.3 Å². The Morgan fingerprint density at radius 3 is 2.59 bits per heavy atom. The molecule has 7 heteroatoms. The molecule has 4 aliphatic heterocycles. The quantitative estimate of drug-likeness (QED) is 0.595. The Kier molecular flexibility index (Phi) is 2.79. The van der Waals surface area contributed by atoms with Gasteiger partial charge in [0.25, 0.3) is 0 Å². The van der Waals surface area contributed by atoms with Crippen LogP contribution in [0.3, 0.4) is 0 Å². The SMILES string of the molecule is C[C@@H]1COC2CC34C5C[C@@H](C(C)(C)C)C36C(OC[C@@H]6O)O[C@@]4(C(=O)O5)[C@]21O. The minimum atomic E-state index is -1.53. The second-order valence-corrected chi connectivity index (χ2v) is 10.7. The van der Waals surface area contributed by atoms with E-state index in [9.17, 15) is 15.0 Å². The zero-order valence-electron chi connectivity index (χ0n) is 16.2. The molecule has 2 aliphatic carbocycles. The van der Waals surface area contributed by atoms with Crippen LogP contribution in [0.1, 0.15) is 40.5 Å². The van der Waals surface area contributed by atoms with E-state index in [1.54, 1.807) is 0 Å². The standard InChI is InChI=1S/C20H28O7/c1-9-7-24-13-6-17-12-5-10(16(2,3)4)18(17)11(21)8-25-15(18)27-20(17,14(22)26-12)19(9,13)23/h9-13,15,21,23H,5-8H2,1-4H3/t9-,10+,11+,12?,13?,15?,17?,18?,19-,20-/m1/s1. The number of ether oxygens (including phenoxy) is 4. The highest BCUT2D eigenvalue weighted by atomic mass is 16.7. The number of aliphatic hydroxyl groups excluding tert-OH is 1. The van der Waals surface area contributed by atoms with Crippen LogP contribution in [0.4, 0.5) is 0 Å². The van der Waals surface area contributed by atoms with Crippen LogP contribution in [0.2, 0.25) is 0 Å². The summed E-state index contributed by atoms with van der Waals surface area (Å²) in [5.74, 6) is -0.744. The van der Waals surface area contributed by atoms with Gasteiger partial charge >= 0.3 is 5.97 Å². The maximum absolute atomic E-state index is 13.3. The highest BCUT2D eigenvalue weighted by Crippen LogP contribution is 2.84. The van der Waals surface area contributed by atoms with E-state index in [4.69, 9.17) is 18.9 Å². The average Bonchev–Trinajstić information content (AvgIpc) is 3.30. The lowest BCUT2D eigenvalue weighted by atomic mass is 9.51. The van der Waals surface area contributed by atoms with Crippen molar-refractivity contribution in [1.82, 2.24) is 0 Å². The Morgan fingerprint density at radius 1 is 1.15 bits per heavy atom. The zero-order valence-corrected chi connectivity index (χ0v) is 16.2. The van der Waals surface area contributed by atoms with Crippen LogP contribution in [0.25, 0.3) is 0 Å². The molecule has 4 heterocycles. The van der Waals surface area contributed by atoms with Crippen LogP contribution in [0.5, 0.6) is 0 Å². The number of aliphatic hydroxyl groups is 2. The fraction of sp³-hybridized carbons (Fsp3) is 0.950. The molecule has 6 fully saturated rings. The van der Waals surface area contributed by atoms with Crippen LogP contribution in [-0.4, -0.2) is 65.2 Å². The van der Waals surface area contributed by atoms with Gasteiger partial charge in [0.1, 0.15) is 11.7 Å². The van der Waals surface area contributed by atoms with E-state index in [1.165, 1.54) is 0 Å². The number of rotatable bonds is 0. The van der Waals surface area contributed by atoms with E-state index in [0.29, 0.717) is 19.4 Å². The fourth-order valence-corrected chi connectivity index (χ4v) is 8.29. The van der Waals surface area contributed by atoms with E-state index < -0.39 is 52.6 Å². The Balaban J connectivity index is 1.67. The summed E-state index contributed by atoms with van der Waals surface area (Å²) in [6.07, 6.45) is -1.28. The first-order chi connectivity index (χ1) is 12.6. The maximum atomic E-state index is 13.3. The van der Waals surface area contributed by atoms with Crippen LogP contribution >= 0.6 is 0 Å². The molecule has 4 saturated heterocycles. The fourth-order valence-electron chi connectivity index (χ4n) is 8.29. The second-order valence-electron chi connectivity index (χ2n) is 10.7. The lowest BCUT2D eigenvalue weighted by Crippen LogP contribution is -2.66. The highest BCUT2D eigenvalue weighted by molar-refractivity contribution is 5.89. The molecule has 10 atom stereocenters. The molecular weight excluding hydrogens is 352 g/mol. The third-order valence-corrected chi connectivity index (χ3v) is 9.05. The Morgan fingerprint density at radius 2 is 1.89 bits per heavy atom. The molecule has 6 aliphatic rings. The Labute approximate surface area is 158 Å². The molecule has 0 bridgehead atoms. The van der Waals surface area contributed by atoms with Gasteiger partial charge in [-0.2, -0.15) is 0 Å². The highest BCUT2D eigenvalue weighted by Gasteiger charge is 2.99. The van der Waals surface area contributed by atoms with Crippen molar-refractivity contribution in [1.29, 1.82) is 0 Å². The van der Waals surface area contributed by atoms with Crippen molar-refractivity contribution >= 4 is 5.97 Å². The van der Waals surface area contributed by atoms with Crippen LogP contribution in [0, 0.1) is 28.1 Å². The van der Waals surface area contributed by atoms with Gasteiger partial charge in [-0.15, -0.1) is 0 Å². The Bertz CT molecular complexity index is 747. The van der Waals surface area contributed by atoms with Gasteiger partial charge in [0, 0.05) is 5.92 Å². The molecule has 2 spiro atoms. The normalized spacial score (nSPS) is 63.1. The van der Waals surface area contributed by atoms with Gasteiger partial charge in [-0.3, -0.25) is 0 Å². The molecule has 5 unspecified atom stereocenters. The van der Waals surface area contributed by atoms with E-state index in [0.717, 1.165) is 0 Å². The number of fused-ring (bicyclic) bond motifs is 1. The summed E-state index contributed by atoms with van der Waals surface area (Å²) in [6.45, 7) is 8.90. The first-order valence-corrected chi connectivity index (χ1v) is 10.1. The third-order valence-electron chi connectivity index (χ3n) is 9.05. The first kappa shape index (κ1) is 17.2. The van der Waals surface area contributed by atoms with E-state index >= 15 is 0 Å².